The summed E-state index contributed by atoms with van der Waals surface area (Å²) in [5, 5.41) is 0. The average molecular weight is 151 g/mol. The van der Waals surface area contributed by atoms with Crippen LogP contribution in [0.3, 0.4) is 0 Å². The molecular weight excluding hydrogens is 134 g/mol. The lowest BCUT2D eigenvalue weighted by atomic mass is 10.2. The fourth-order valence-electron chi connectivity index (χ4n) is 0.760. The van der Waals surface area contributed by atoms with Gasteiger partial charge >= 0.3 is 0 Å². The van der Waals surface area contributed by atoms with Crippen LogP contribution in [0.5, 0.6) is 0 Å². The molecule has 0 heterocycles. The van der Waals surface area contributed by atoms with Crippen molar-refractivity contribution in [3.8, 4) is 0 Å². The molecule has 0 fully saturated rings. The third-order valence-corrected chi connectivity index (χ3v) is 1.59. The predicted octanol–water partition coefficient (Wildman–Crippen LogP) is 2.24. The first-order chi connectivity index (χ1) is 5.24. The summed E-state index contributed by atoms with van der Waals surface area (Å²) in [6.45, 7) is 11.5. The van der Waals surface area contributed by atoms with Gasteiger partial charge in [-0.15, -0.1) is 0 Å². The fourth-order valence-corrected chi connectivity index (χ4v) is 0.760. The standard InChI is InChI=1S/C10H17N/c1-5-8-10(6-2)9-11(4)7-3/h5-6,8H,1-2,7,9H2,3-4H3. The summed E-state index contributed by atoms with van der Waals surface area (Å²) in [5.41, 5.74) is 1.21. The van der Waals surface area contributed by atoms with Gasteiger partial charge in [0.15, 0.2) is 0 Å². The molecule has 0 amide bonds. The Morgan fingerprint density at radius 1 is 1.45 bits per heavy atom. The molecule has 0 saturated heterocycles. The maximum absolute atomic E-state index is 3.72. The van der Waals surface area contributed by atoms with Crippen LogP contribution < -0.4 is 0 Å². The van der Waals surface area contributed by atoms with E-state index < -0.39 is 0 Å². The predicted molar refractivity (Wildman–Crippen MR) is 51.6 cm³/mol. The summed E-state index contributed by atoms with van der Waals surface area (Å²) in [5.74, 6) is 0. The Morgan fingerprint density at radius 2 is 2.09 bits per heavy atom. The smallest absolute Gasteiger partial charge is 0.0230 e. The first-order valence-electron chi connectivity index (χ1n) is 3.87. The van der Waals surface area contributed by atoms with Gasteiger partial charge in [-0.2, -0.15) is 0 Å². The number of hydrogen-bond donors (Lipinski definition) is 0. The molecule has 0 aliphatic heterocycles. The van der Waals surface area contributed by atoms with E-state index in [2.05, 4.69) is 32.0 Å². The molecule has 0 unspecified atom stereocenters. The zero-order chi connectivity index (χ0) is 8.69. The van der Waals surface area contributed by atoms with E-state index in [-0.39, 0.29) is 0 Å². The molecule has 0 bridgehead atoms. The van der Waals surface area contributed by atoms with Crippen molar-refractivity contribution >= 4 is 0 Å². The first-order valence-corrected chi connectivity index (χ1v) is 3.87. The topological polar surface area (TPSA) is 3.24 Å². The highest BCUT2D eigenvalue weighted by atomic mass is 15.1. The van der Waals surface area contributed by atoms with Crippen molar-refractivity contribution in [3.05, 3.63) is 37.0 Å². The van der Waals surface area contributed by atoms with E-state index >= 15 is 0 Å². The minimum absolute atomic E-state index is 0.950. The van der Waals surface area contributed by atoms with Crippen LogP contribution in [0, 0.1) is 0 Å². The zero-order valence-electron chi connectivity index (χ0n) is 7.51. The van der Waals surface area contributed by atoms with Crippen LogP contribution in [0.25, 0.3) is 0 Å². The molecule has 0 aliphatic rings. The molecule has 1 nitrogen and oxygen atoms in total. The van der Waals surface area contributed by atoms with E-state index in [1.54, 1.807) is 6.08 Å². The lowest BCUT2D eigenvalue weighted by Gasteiger charge is -2.13. The second kappa shape index (κ2) is 5.93. The number of allylic oxidation sites excluding steroid dienone is 2. The minimum Gasteiger partial charge on any atom is -0.302 e. The molecule has 1 heteroatoms. The Labute approximate surface area is 69.7 Å². The van der Waals surface area contributed by atoms with Gasteiger partial charge in [0.1, 0.15) is 0 Å². The number of hydrogen-bond acceptors (Lipinski definition) is 1. The molecule has 0 saturated carbocycles. The minimum atomic E-state index is 0.950. The molecule has 0 spiro atoms. The lowest BCUT2D eigenvalue weighted by molar-refractivity contribution is 0.386. The van der Waals surface area contributed by atoms with Gasteiger partial charge in [-0.3, -0.25) is 0 Å². The monoisotopic (exact) mass is 151 g/mol. The molecule has 0 aliphatic carbocycles. The zero-order valence-corrected chi connectivity index (χ0v) is 7.51. The Balaban J connectivity index is 3.97. The maximum atomic E-state index is 3.72. The van der Waals surface area contributed by atoms with E-state index in [0.29, 0.717) is 0 Å². The molecular formula is C10H17N. The molecule has 11 heavy (non-hydrogen) atoms. The van der Waals surface area contributed by atoms with Crippen molar-refractivity contribution in [3.63, 3.8) is 0 Å². The summed E-state index contributed by atoms with van der Waals surface area (Å²) < 4.78 is 0. The summed E-state index contributed by atoms with van der Waals surface area (Å²) in [6, 6.07) is 0. The van der Waals surface area contributed by atoms with Gasteiger partial charge < -0.3 is 4.90 Å². The average Bonchev–Trinajstić information content (AvgIpc) is 2.03. The van der Waals surface area contributed by atoms with Crippen LogP contribution in [-0.4, -0.2) is 25.0 Å². The van der Waals surface area contributed by atoms with Gasteiger partial charge in [0.2, 0.25) is 0 Å². The molecule has 0 N–H and O–H groups in total. The number of rotatable bonds is 5. The third kappa shape index (κ3) is 4.57. The van der Waals surface area contributed by atoms with Gasteiger partial charge in [-0.1, -0.05) is 38.3 Å². The van der Waals surface area contributed by atoms with Crippen LogP contribution in [-0.2, 0) is 0 Å². The van der Waals surface area contributed by atoms with Crippen LogP contribution in [0.15, 0.2) is 37.0 Å². The van der Waals surface area contributed by atoms with Crippen LogP contribution in [0.2, 0.25) is 0 Å². The van der Waals surface area contributed by atoms with Crippen molar-refractivity contribution in [2.24, 2.45) is 0 Å². The Bertz CT molecular complexity index is 156. The molecule has 0 aromatic carbocycles. The van der Waals surface area contributed by atoms with Gasteiger partial charge in [0.25, 0.3) is 0 Å². The Morgan fingerprint density at radius 3 is 2.45 bits per heavy atom. The van der Waals surface area contributed by atoms with E-state index in [0.717, 1.165) is 13.1 Å². The third-order valence-electron chi connectivity index (χ3n) is 1.59. The van der Waals surface area contributed by atoms with Crippen molar-refractivity contribution in [2.75, 3.05) is 20.1 Å². The quantitative estimate of drug-likeness (QED) is 0.545. The van der Waals surface area contributed by atoms with Crippen molar-refractivity contribution in [1.29, 1.82) is 0 Å². The summed E-state index contributed by atoms with van der Waals surface area (Å²) in [6.07, 6.45) is 5.65. The van der Waals surface area contributed by atoms with Gasteiger partial charge in [0.05, 0.1) is 0 Å². The van der Waals surface area contributed by atoms with Crippen molar-refractivity contribution < 1.29 is 0 Å². The van der Waals surface area contributed by atoms with Crippen molar-refractivity contribution in [1.82, 2.24) is 4.90 Å². The second-order valence-electron chi connectivity index (χ2n) is 2.51. The molecule has 0 radical (unpaired) electrons. The van der Waals surface area contributed by atoms with Crippen molar-refractivity contribution in [2.45, 2.75) is 6.92 Å². The second-order valence-corrected chi connectivity index (χ2v) is 2.51. The number of nitrogens with zero attached hydrogens (tertiary/aromatic N) is 1. The maximum Gasteiger partial charge on any atom is 0.0230 e. The van der Waals surface area contributed by atoms with Gasteiger partial charge in [-0.05, 0) is 19.2 Å². The molecule has 0 aromatic heterocycles. The summed E-state index contributed by atoms with van der Waals surface area (Å²) in [4.78, 5) is 2.22. The largest absolute Gasteiger partial charge is 0.302 e. The SMILES string of the molecule is C=CC=C(C=C)CN(C)CC. The van der Waals surface area contributed by atoms with E-state index in [1.165, 1.54) is 5.57 Å². The van der Waals surface area contributed by atoms with Gasteiger partial charge in [-0.25, -0.2) is 0 Å². The normalized spacial score (nSPS) is 11.7. The molecule has 0 aromatic rings. The summed E-state index contributed by atoms with van der Waals surface area (Å²) in [7, 11) is 2.08. The lowest BCUT2D eigenvalue weighted by Crippen LogP contribution is -2.19. The molecule has 0 atom stereocenters. The van der Waals surface area contributed by atoms with Gasteiger partial charge in [0, 0.05) is 6.54 Å². The number of likely N-dealkylation sites (N-methyl/N-ethyl adjacent to an activating group) is 1. The first kappa shape index (κ1) is 10.2. The Hall–Kier alpha value is -0.820. The van der Waals surface area contributed by atoms with E-state index in [9.17, 15) is 0 Å². The summed E-state index contributed by atoms with van der Waals surface area (Å²) >= 11 is 0. The highest BCUT2D eigenvalue weighted by Crippen LogP contribution is 1.98. The Kier molecular flexibility index (Phi) is 5.49. The highest BCUT2D eigenvalue weighted by molar-refractivity contribution is 5.22. The van der Waals surface area contributed by atoms with E-state index in [1.807, 2.05) is 12.2 Å². The van der Waals surface area contributed by atoms with Crippen LogP contribution in [0.1, 0.15) is 6.92 Å². The fraction of sp³-hybridized carbons (Fsp3) is 0.400. The molecule has 62 valence electrons. The van der Waals surface area contributed by atoms with Crippen LogP contribution in [0.4, 0.5) is 0 Å². The highest BCUT2D eigenvalue weighted by Gasteiger charge is 1.94. The van der Waals surface area contributed by atoms with E-state index in [4.69, 9.17) is 0 Å². The van der Waals surface area contributed by atoms with Crippen LogP contribution >= 0.6 is 0 Å². The molecule has 0 rings (SSSR count).